The number of esters is 2. The van der Waals surface area contributed by atoms with Crippen LogP contribution in [0.5, 0.6) is 0 Å². The maximum Gasteiger partial charge on any atom is 0.354 e. The number of halogens is 1. The van der Waals surface area contributed by atoms with Crippen LogP contribution >= 0.6 is 11.6 Å². The molecule has 2 aromatic heterocycles. The Balaban J connectivity index is 1.95. The number of ether oxygens (including phenoxy) is 2. The molecule has 1 aromatic carbocycles. The molecule has 8 heteroatoms. The number of nitrogens with one attached hydrogen (secondary N) is 1. The van der Waals surface area contributed by atoms with Gasteiger partial charge in [-0.05, 0) is 44.2 Å². The van der Waals surface area contributed by atoms with Crippen LogP contribution in [0, 0.1) is 6.92 Å². The molecule has 30 heavy (non-hydrogen) atoms. The van der Waals surface area contributed by atoms with Crippen molar-refractivity contribution in [2.45, 2.75) is 45.6 Å². The highest BCUT2D eigenvalue weighted by atomic mass is 35.5. The molecule has 4 rings (SSSR count). The van der Waals surface area contributed by atoms with Gasteiger partial charge in [-0.25, -0.2) is 4.79 Å². The van der Waals surface area contributed by atoms with E-state index >= 15 is 0 Å². The number of aromatic amines is 1. The number of hydrogen-bond donors (Lipinski definition) is 1. The van der Waals surface area contributed by atoms with E-state index in [2.05, 4.69) is 9.67 Å². The van der Waals surface area contributed by atoms with Crippen molar-refractivity contribution in [2.24, 2.45) is 0 Å². The Morgan fingerprint density at radius 3 is 2.73 bits per heavy atom. The molecule has 0 radical (unpaired) electrons. The molecule has 7 nitrogen and oxygen atoms in total. The smallest absolute Gasteiger partial charge is 0.354 e. The molecule has 0 bridgehead atoms. The van der Waals surface area contributed by atoms with E-state index in [9.17, 15) is 9.59 Å². The fourth-order valence-electron chi connectivity index (χ4n) is 4.35. The van der Waals surface area contributed by atoms with E-state index in [-0.39, 0.29) is 12.4 Å². The predicted molar refractivity (Wildman–Crippen MR) is 114 cm³/mol. The summed E-state index contributed by atoms with van der Waals surface area (Å²) < 4.78 is 11.8. The molecule has 0 atom stereocenters. The summed E-state index contributed by atoms with van der Waals surface area (Å²) in [6, 6.07) is 3.71. The van der Waals surface area contributed by atoms with Crippen LogP contribution in [-0.4, -0.2) is 40.9 Å². The molecule has 1 N–H and O–H groups in total. The first-order valence-corrected chi connectivity index (χ1v) is 10.4. The standard InChI is InChI=1S/C22H24ClN3O4/c1-12-18(16-6-4-5-11-26(16)25-12)19-15(23)9-7-13-14(8-10-17(27)29-2)21(22(28)30-3)24-20(13)19/h7,9,24H,4-6,8,10-11H2,1-3H3. The van der Waals surface area contributed by atoms with Crippen molar-refractivity contribution in [1.82, 2.24) is 14.8 Å². The Kier molecular flexibility index (Phi) is 5.56. The number of methoxy groups -OCH3 is 2. The topological polar surface area (TPSA) is 86.2 Å². The number of nitrogens with zero attached hydrogens (tertiary/aromatic N) is 2. The molecule has 3 aromatic rings. The van der Waals surface area contributed by atoms with E-state index in [4.69, 9.17) is 26.2 Å². The lowest BCUT2D eigenvalue weighted by molar-refractivity contribution is -0.140. The highest BCUT2D eigenvalue weighted by Crippen LogP contribution is 2.41. The molecule has 3 heterocycles. The summed E-state index contributed by atoms with van der Waals surface area (Å²) in [7, 11) is 2.69. The quantitative estimate of drug-likeness (QED) is 0.613. The van der Waals surface area contributed by atoms with Crippen molar-refractivity contribution in [3.05, 3.63) is 39.8 Å². The Morgan fingerprint density at radius 2 is 2.00 bits per heavy atom. The normalized spacial score (nSPS) is 13.3. The van der Waals surface area contributed by atoms with E-state index < -0.39 is 5.97 Å². The van der Waals surface area contributed by atoms with Crippen molar-refractivity contribution in [3.8, 4) is 11.1 Å². The van der Waals surface area contributed by atoms with Gasteiger partial charge in [-0.15, -0.1) is 0 Å². The van der Waals surface area contributed by atoms with Gasteiger partial charge in [0.15, 0.2) is 0 Å². The van der Waals surface area contributed by atoms with E-state index in [0.29, 0.717) is 17.1 Å². The molecule has 1 aliphatic rings. The van der Waals surface area contributed by atoms with Crippen LogP contribution in [0.2, 0.25) is 5.02 Å². The van der Waals surface area contributed by atoms with Gasteiger partial charge in [-0.2, -0.15) is 5.10 Å². The Morgan fingerprint density at radius 1 is 1.20 bits per heavy atom. The van der Waals surface area contributed by atoms with Crippen LogP contribution in [0.4, 0.5) is 0 Å². The minimum absolute atomic E-state index is 0.160. The monoisotopic (exact) mass is 429 g/mol. The predicted octanol–water partition coefficient (Wildman–Crippen LogP) is 4.22. The summed E-state index contributed by atoms with van der Waals surface area (Å²) in [6.45, 7) is 2.88. The van der Waals surface area contributed by atoms with E-state index in [1.165, 1.54) is 19.9 Å². The van der Waals surface area contributed by atoms with Crippen molar-refractivity contribution in [3.63, 3.8) is 0 Å². The maximum absolute atomic E-state index is 12.5. The van der Waals surface area contributed by atoms with Crippen LogP contribution < -0.4 is 0 Å². The van der Waals surface area contributed by atoms with Crippen molar-refractivity contribution >= 4 is 34.4 Å². The van der Waals surface area contributed by atoms with Crippen LogP contribution in [0.25, 0.3) is 22.0 Å². The minimum atomic E-state index is -0.484. The van der Waals surface area contributed by atoms with E-state index in [0.717, 1.165) is 59.1 Å². The average molecular weight is 430 g/mol. The lowest BCUT2D eigenvalue weighted by Crippen LogP contribution is -2.11. The summed E-state index contributed by atoms with van der Waals surface area (Å²) in [5, 5.41) is 6.15. The fourth-order valence-corrected chi connectivity index (χ4v) is 4.60. The van der Waals surface area contributed by atoms with Crippen molar-refractivity contribution in [1.29, 1.82) is 0 Å². The van der Waals surface area contributed by atoms with Gasteiger partial charge in [0.2, 0.25) is 0 Å². The zero-order valence-electron chi connectivity index (χ0n) is 17.3. The molecule has 0 spiro atoms. The first kappa shape index (κ1) is 20.5. The molecular formula is C22H24ClN3O4. The molecule has 0 fully saturated rings. The minimum Gasteiger partial charge on any atom is -0.469 e. The van der Waals surface area contributed by atoms with Crippen molar-refractivity contribution in [2.75, 3.05) is 14.2 Å². The molecule has 1 aliphatic heterocycles. The van der Waals surface area contributed by atoms with Crippen LogP contribution in [-0.2, 0) is 33.7 Å². The summed E-state index contributed by atoms with van der Waals surface area (Å²) in [4.78, 5) is 27.4. The lowest BCUT2D eigenvalue weighted by Gasteiger charge is -2.15. The highest BCUT2D eigenvalue weighted by molar-refractivity contribution is 6.35. The molecule has 0 saturated carbocycles. The number of hydrogen-bond acceptors (Lipinski definition) is 5. The fraction of sp³-hybridized carbons (Fsp3) is 0.409. The van der Waals surface area contributed by atoms with Gasteiger partial charge >= 0.3 is 11.9 Å². The highest BCUT2D eigenvalue weighted by Gasteiger charge is 2.26. The van der Waals surface area contributed by atoms with Gasteiger partial charge in [0.1, 0.15) is 5.69 Å². The largest absolute Gasteiger partial charge is 0.469 e. The Hall–Kier alpha value is -2.80. The summed E-state index contributed by atoms with van der Waals surface area (Å²) in [5.74, 6) is -0.821. The Labute approximate surface area is 179 Å². The number of benzene rings is 1. The third-order valence-electron chi connectivity index (χ3n) is 5.74. The first-order chi connectivity index (χ1) is 14.5. The molecule has 0 aliphatic carbocycles. The van der Waals surface area contributed by atoms with E-state index in [1.807, 2.05) is 19.1 Å². The van der Waals surface area contributed by atoms with E-state index in [1.54, 1.807) is 0 Å². The van der Waals surface area contributed by atoms with Gasteiger partial charge in [-0.1, -0.05) is 17.7 Å². The molecule has 0 saturated heterocycles. The van der Waals surface area contributed by atoms with Crippen molar-refractivity contribution < 1.29 is 19.1 Å². The second-order valence-corrected chi connectivity index (χ2v) is 7.89. The van der Waals surface area contributed by atoms with Gasteiger partial charge in [0.25, 0.3) is 0 Å². The number of aromatic nitrogens is 3. The number of fused-ring (bicyclic) bond motifs is 2. The molecule has 0 amide bonds. The number of rotatable bonds is 5. The average Bonchev–Trinajstić information content (AvgIpc) is 3.28. The molecule has 0 unspecified atom stereocenters. The summed E-state index contributed by atoms with van der Waals surface area (Å²) in [6.07, 6.45) is 3.66. The first-order valence-electron chi connectivity index (χ1n) is 10.0. The van der Waals surface area contributed by atoms with Crippen LogP contribution in [0.15, 0.2) is 12.1 Å². The van der Waals surface area contributed by atoms with Crippen LogP contribution in [0.3, 0.4) is 0 Å². The lowest BCUT2D eigenvalue weighted by atomic mass is 9.95. The van der Waals surface area contributed by atoms with Gasteiger partial charge in [0, 0.05) is 35.2 Å². The van der Waals surface area contributed by atoms with Gasteiger partial charge in [-0.3, -0.25) is 9.48 Å². The number of carbonyl (C=O) groups is 2. The number of H-pyrrole nitrogens is 1. The molecular weight excluding hydrogens is 406 g/mol. The third kappa shape index (κ3) is 3.37. The maximum atomic E-state index is 12.5. The zero-order chi connectivity index (χ0) is 21.4. The zero-order valence-corrected chi connectivity index (χ0v) is 18.1. The number of aryl methyl sites for hydroxylation is 3. The Bertz CT molecular complexity index is 1150. The third-order valence-corrected chi connectivity index (χ3v) is 6.06. The van der Waals surface area contributed by atoms with Crippen LogP contribution in [0.1, 0.15) is 46.7 Å². The van der Waals surface area contributed by atoms with Gasteiger partial charge in [0.05, 0.1) is 30.5 Å². The SMILES string of the molecule is COC(=O)CCc1c(C(=O)OC)[nH]c2c(-c3c(C)nn4c3CCCC4)c(Cl)ccc12. The summed E-state index contributed by atoms with van der Waals surface area (Å²) in [5.41, 5.74) is 5.74. The number of carbonyl (C=O) groups excluding carboxylic acids is 2. The second kappa shape index (κ2) is 8.14. The summed E-state index contributed by atoms with van der Waals surface area (Å²) >= 11 is 6.69. The second-order valence-electron chi connectivity index (χ2n) is 7.48. The molecule has 158 valence electrons. The van der Waals surface area contributed by atoms with Gasteiger partial charge < -0.3 is 14.5 Å².